The van der Waals surface area contributed by atoms with Crippen molar-refractivity contribution < 1.29 is 4.79 Å². The minimum atomic E-state index is 0.00666. The average Bonchev–Trinajstić information content (AvgIpc) is 3.11. The molecular formula is C28H32N6O. The van der Waals surface area contributed by atoms with Crippen LogP contribution in [0.15, 0.2) is 55.4 Å². The molecule has 1 aromatic heterocycles. The quantitative estimate of drug-likeness (QED) is 0.535. The monoisotopic (exact) mass is 468 g/mol. The first-order chi connectivity index (χ1) is 17.1. The van der Waals surface area contributed by atoms with Gasteiger partial charge in [0.1, 0.15) is 12.1 Å². The maximum absolute atomic E-state index is 11.9. The number of aromatic nitrogens is 2. The van der Waals surface area contributed by atoms with Gasteiger partial charge in [0.2, 0.25) is 5.91 Å². The van der Waals surface area contributed by atoms with E-state index in [1.807, 2.05) is 4.90 Å². The van der Waals surface area contributed by atoms with Crippen molar-refractivity contribution in [2.75, 3.05) is 42.5 Å². The van der Waals surface area contributed by atoms with E-state index in [1.54, 1.807) is 12.4 Å². The van der Waals surface area contributed by atoms with Gasteiger partial charge in [-0.05, 0) is 42.9 Å². The molecule has 0 bridgehead atoms. The number of hydrogen-bond acceptors (Lipinski definition) is 6. The van der Waals surface area contributed by atoms with E-state index in [0.717, 1.165) is 50.5 Å². The van der Waals surface area contributed by atoms with Crippen LogP contribution in [0.25, 0.3) is 10.8 Å². The Balaban J connectivity index is 0.000000917. The van der Waals surface area contributed by atoms with E-state index in [0.29, 0.717) is 13.1 Å². The lowest BCUT2D eigenvalue weighted by atomic mass is 10.0. The Hall–Kier alpha value is -3.92. The minimum absolute atomic E-state index is 0.00666. The maximum atomic E-state index is 11.9. The first kappa shape index (κ1) is 24.2. The van der Waals surface area contributed by atoms with Gasteiger partial charge in [0, 0.05) is 56.3 Å². The number of fused-ring (bicyclic) bond motifs is 2. The first-order valence-electron chi connectivity index (χ1n) is 12.1. The Morgan fingerprint density at radius 1 is 1.06 bits per heavy atom. The van der Waals surface area contributed by atoms with Crippen molar-refractivity contribution >= 4 is 28.2 Å². The Kier molecular flexibility index (Phi) is 7.61. The van der Waals surface area contributed by atoms with Gasteiger partial charge in [-0.15, -0.1) is 0 Å². The smallest absolute Gasteiger partial charge is 0.246 e. The number of piperazine rings is 1. The number of carbonyl (C=O) groups excluding carboxylic acids is 1. The third-order valence-electron chi connectivity index (χ3n) is 6.70. The molecule has 2 aromatic carbocycles. The van der Waals surface area contributed by atoms with Crippen LogP contribution < -0.4 is 9.80 Å². The summed E-state index contributed by atoms with van der Waals surface area (Å²) in [5.74, 6) is 1.05. The van der Waals surface area contributed by atoms with Gasteiger partial charge >= 0.3 is 0 Å². The van der Waals surface area contributed by atoms with Crippen molar-refractivity contribution in [1.29, 1.82) is 5.26 Å². The van der Waals surface area contributed by atoms with E-state index in [2.05, 4.69) is 64.7 Å². The minimum Gasteiger partial charge on any atom is -0.365 e. The highest BCUT2D eigenvalue weighted by molar-refractivity contribution is 5.97. The van der Waals surface area contributed by atoms with Crippen LogP contribution in [0.1, 0.15) is 30.2 Å². The van der Waals surface area contributed by atoms with Crippen LogP contribution in [0.4, 0.5) is 11.5 Å². The third kappa shape index (κ3) is 5.12. The van der Waals surface area contributed by atoms with Gasteiger partial charge in [-0.25, -0.2) is 9.97 Å². The second-order valence-electron chi connectivity index (χ2n) is 8.84. The van der Waals surface area contributed by atoms with E-state index in [1.165, 1.54) is 40.6 Å². The van der Waals surface area contributed by atoms with Crippen molar-refractivity contribution in [2.45, 2.75) is 33.2 Å². The van der Waals surface area contributed by atoms with E-state index >= 15 is 0 Å². The summed E-state index contributed by atoms with van der Waals surface area (Å²) in [6.45, 7) is 12.0. The van der Waals surface area contributed by atoms with Gasteiger partial charge in [0.05, 0.1) is 18.3 Å². The molecule has 0 atom stereocenters. The normalized spacial score (nSPS) is 15.4. The van der Waals surface area contributed by atoms with Gasteiger partial charge in [-0.3, -0.25) is 4.79 Å². The molecule has 0 N–H and O–H groups in total. The summed E-state index contributed by atoms with van der Waals surface area (Å²) >= 11 is 0. The second-order valence-corrected chi connectivity index (χ2v) is 8.84. The van der Waals surface area contributed by atoms with Crippen molar-refractivity contribution in [3.63, 3.8) is 0 Å². The lowest BCUT2D eigenvalue weighted by Gasteiger charge is -2.36. The van der Waals surface area contributed by atoms with Crippen molar-refractivity contribution in [3.05, 3.63) is 72.2 Å². The van der Waals surface area contributed by atoms with Gasteiger partial charge in [-0.1, -0.05) is 36.9 Å². The fourth-order valence-electron chi connectivity index (χ4n) is 5.05. The van der Waals surface area contributed by atoms with Crippen molar-refractivity contribution in [1.82, 2.24) is 14.9 Å². The third-order valence-corrected chi connectivity index (χ3v) is 6.70. The highest BCUT2D eigenvalue weighted by Crippen LogP contribution is 2.33. The topological polar surface area (TPSA) is 76.4 Å². The Morgan fingerprint density at radius 2 is 1.77 bits per heavy atom. The SMILES string of the molecule is C=CC(=O)N1CCN(c2ncnc3c2CCCN(c2cccc4cccc(C)c24)C3)CC1.CC#N. The summed E-state index contributed by atoms with van der Waals surface area (Å²) in [7, 11) is 0. The zero-order valence-electron chi connectivity index (χ0n) is 20.6. The van der Waals surface area contributed by atoms with Crippen LogP contribution in [0, 0.1) is 18.3 Å². The molecule has 180 valence electrons. The van der Waals surface area contributed by atoms with Crippen LogP contribution in [0.2, 0.25) is 0 Å². The number of nitriles is 1. The van der Waals surface area contributed by atoms with Gasteiger partial charge in [0.15, 0.2) is 0 Å². The Labute approximate surface area is 207 Å². The summed E-state index contributed by atoms with van der Waals surface area (Å²) in [4.78, 5) is 28.0. The molecule has 2 aliphatic heterocycles. The van der Waals surface area contributed by atoms with Crippen LogP contribution in [0.3, 0.4) is 0 Å². The number of amides is 1. The molecule has 5 rings (SSSR count). The van der Waals surface area contributed by atoms with E-state index in [-0.39, 0.29) is 5.91 Å². The number of anilines is 2. The molecule has 7 nitrogen and oxygen atoms in total. The molecular weight excluding hydrogens is 436 g/mol. The molecule has 1 amide bonds. The highest BCUT2D eigenvalue weighted by Gasteiger charge is 2.26. The fourth-order valence-corrected chi connectivity index (χ4v) is 5.05. The number of carbonyl (C=O) groups is 1. The first-order valence-corrected chi connectivity index (χ1v) is 12.1. The highest BCUT2D eigenvalue weighted by atomic mass is 16.2. The number of benzene rings is 2. The van der Waals surface area contributed by atoms with Gasteiger partial charge < -0.3 is 14.7 Å². The summed E-state index contributed by atoms with van der Waals surface area (Å²) in [6, 6.07) is 14.8. The van der Waals surface area contributed by atoms with Crippen molar-refractivity contribution in [2.24, 2.45) is 0 Å². The molecule has 3 aromatic rings. The van der Waals surface area contributed by atoms with Crippen LogP contribution in [-0.4, -0.2) is 53.5 Å². The van der Waals surface area contributed by atoms with E-state index in [4.69, 9.17) is 10.2 Å². The largest absolute Gasteiger partial charge is 0.365 e. The van der Waals surface area contributed by atoms with Gasteiger partial charge in [-0.2, -0.15) is 5.26 Å². The summed E-state index contributed by atoms with van der Waals surface area (Å²) in [6.07, 6.45) is 5.13. The van der Waals surface area contributed by atoms with Crippen molar-refractivity contribution in [3.8, 4) is 6.07 Å². The molecule has 0 saturated carbocycles. The summed E-state index contributed by atoms with van der Waals surface area (Å²) in [5.41, 5.74) is 4.96. The van der Waals surface area contributed by atoms with Crippen LogP contribution in [-0.2, 0) is 17.8 Å². The number of nitrogens with zero attached hydrogens (tertiary/aromatic N) is 6. The fraction of sp³-hybridized carbons (Fsp3) is 0.357. The molecule has 35 heavy (non-hydrogen) atoms. The zero-order valence-corrected chi connectivity index (χ0v) is 20.6. The average molecular weight is 469 g/mol. The van der Waals surface area contributed by atoms with Crippen LogP contribution in [0.5, 0.6) is 0 Å². The maximum Gasteiger partial charge on any atom is 0.246 e. The van der Waals surface area contributed by atoms with Crippen LogP contribution >= 0.6 is 0 Å². The van der Waals surface area contributed by atoms with E-state index < -0.39 is 0 Å². The number of rotatable bonds is 3. The molecule has 7 heteroatoms. The number of aryl methyl sites for hydroxylation is 1. The molecule has 1 saturated heterocycles. The lowest BCUT2D eigenvalue weighted by Crippen LogP contribution is -2.48. The zero-order chi connectivity index (χ0) is 24.8. The molecule has 0 aliphatic carbocycles. The summed E-state index contributed by atoms with van der Waals surface area (Å²) in [5, 5.41) is 9.93. The lowest BCUT2D eigenvalue weighted by molar-refractivity contribution is -0.126. The molecule has 0 unspecified atom stereocenters. The molecule has 3 heterocycles. The predicted molar refractivity (Wildman–Crippen MR) is 140 cm³/mol. The Bertz CT molecular complexity index is 1250. The summed E-state index contributed by atoms with van der Waals surface area (Å²) < 4.78 is 0. The van der Waals surface area contributed by atoms with Gasteiger partial charge in [0.25, 0.3) is 0 Å². The predicted octanol–water partition coefficient (Wildman–Crippen LogP) is 4.26. The Morgan fingerprint density at radius 3 is 2.49 bits per heavy atom. The molecule has 0 spiro atoms. The second kappa shape index (κ2) is 11.0. The number of hydrogen-bond donors (Lipinski definition) is 0. The molecule has 2 aliphatic rings. The molecule has 0 radical (unpaired) electrons. The standard InChI is InChI=1S/C26H29N5O.C2H3N/c1-3-24(32)29-13-15-30(16-14-29)26-21-10-6-12-31(17-22(21)27-18-28-26)23-11-5-9-20-8-4-7-19(2)25(20)23;1-2-3/h3-5,7-9,11,18H,1,6,10,12-17H2,2H3;1H3. The molecule has 1 fully saturated rings. The van der Waals surface area contributed by atoms with E-state index in [9.17, 15) is 4.79 Å².